The maximum absolute atomic E-state index is 12.1. The van der Waals surface area contributed by atoms with Crippen LogP contribution in [0.25, 0.3) is 0 Å². The minimum atomic E-state index is -3.81. The topological polar surface area (TPSA) is 98.2 Å². The zero-order chi connectivity index (χ0) is 14.6. The standard InChI is InChI=1S/C11H16N2O5S/c1-12(7-6-11(15)16)19(17,18)13(2)9-4-3-5-10(14)8-9/h3-5,8,14H,6-7H2,1-2H3,(H,15,16). The smallest absolute Gasteiger partial charge is 0.304 e. The highest BCUT2D eigenvalue weighted by Gasteiger charge is 2.24. The van der Waals surface area contributed by atoms with Gasteiger partial charge >= 0.3 is 16.2 Å². The quantitative estimate of drug-likeness (QED) is 0.793. The SMILES string of the molecule is CN(CCC(=O)O)S(=O)(=O)N(C)c1cccc(O)c1. The van der Waals surface area contributed by atoms with Gasteiger partial charge in [0.1, 0.15) is 5.75 Å². The molecule has 0 bridgehead atoms. The Morgan fingerprint density at radius 3 is 2.47 bits per heavy atom. The van der Waals surface area contributed by atoms with Crippen molar-refractivity contribution in [2.24, 2.45) is 0 Å². The molecule has 0 heterocycles. The van der Waals surface area contributed by atoms with Crippen LogP contribution in [0.15, 0.2) is 24.3 Å². The van der Waals surface area contributed by atoms with Gasteiger partial charge in [0.15, 0.2) is 0 Å². The van der Waals surface area contributed by atoms with Gasteiger partial charge in [-0.2, -0.15) is 12.7 Å². The molecule has 19 heavy (non-hydrogen) atoms. The van der Waals surface area contributed by atoms with Crippen LogP contribution in [0.3, 0.4) is 0 Å². The Morgan fingerprint density at radius 2 is 1.95 bits per heavy atom. The third-order valence-electron chi connectivity index (χ3n) is 2.57. The van der Waals surface area contributed by atoms with E-state index >= 15 is 0 Å². The molecular weight excluding hydrogens is 272 g/mol. The lowest BCUT2D eigenvalue weighted by Gasteiger charge is -2.25. The molecule has 106 valence electrons. The fraction of sp³-hybridized carbons (Fsp3) is 0.364. The number of aromatic hydroxyl groups is 1. The number of carboxylic acids is 1. The second-order valence-electron chi connectivity index (χ2n) is 3.96. The monoisotopic (exact) mass is 288 g/mol. The van der Waals surface area contributed by atoms with Crippen LogP contribution in [0.5, 0.6) is 5.75 Å². The summed E-state index contributed by atoms with van der Waals surface area (Å²) >= 11 is 0. The molecule has 2 N–H and O–H groups in total. The number of aliphatic carboxylic acids is 1. The number of benzene rings is 1. The maximum Gasteiger partial charge on any atom is 0.304 e. The molecule has 0 unspecified atom stereocenters. The van der Waals surface area contributed by atoms with Crippen molar-refractivity contribution in [3.05, 3.63) is 24.3 Å². The molecule has 8 heteroatoms. The van der Waals surface area contributed by atoms with Crippen molar-refractivity contribution in [3.63, 3.8) is 0 Å². The zero-order valence-electron chi connectivity index (χ0n) is 10.6. The summed E-state index contributed by atoms with van der Waals surface area (Å²) in [6.45, 7) is -0.124. The first-order chi connectivity index (χ1) is 8.75. The second-order valence-corrected chi connectivity index (χ2v) is 6.03. The molecule has 1 rings (SSSR count). The molecule has 1 aromatic carbocycles. The fourth-order valence-corrected chi connectivity index (χ4v) is 2.52. The van der Waals surface area contributed by atoms with E-state index in [0.717, 1.165) is 8.61 Å². The fourth-order valence-electron chi connectivity index (χ4n) is 1.40. The summed E-state index contributed by atoms with van der Waals surface area (Å²) in [6, 6.07) is 5.79. The van der Waals surface area contributed by atoms with Crippen LogP contribution in [0.2, 0.25) is 0 Å². The van der Waals surface area contributed by atoms with Crippen LogP contribution in [0, 0.1) is 0 Å². The minimum Gasteiger partial charge on any atom is -0.508 e. The van der Waals surface area contributed by atoms with Gasteiger partial charge in [0.25, 0.3) is 0 Å². The van der Waals surface area contributed by atoms with Crippen molar-refractivity contribution >= 4 is 21.9 Å². The predicted octanol–water partition coefficient (Wildman–Crippen LogP) is 0.480. The van der Waals surface area contributed by atoms with Gasteiger partial charge in [0.05, 0.1) is 12.1 Å². The summed E-state index contributed by atoms with van der Waals surface area (Å²) in [5, 5.41) is 17.9. The summed E-state index contributed by atoms with van der Waals surface area (Å²) < 4.78 is 26.2. The third-order valence-corrected chi connectivity index (χ3v) is 4.45. The number of nitrogens with zero attached hydrogens (tertiary/aromatic N) is 2. The van der Waals surface area contributed by atoms with Crippen molar-refractivity contribution in [1.82, 2.24) is 4.31 Å². The molecule has 0 spiro atoms. The number of hydrogen-bond acceptors (Lipinski definition) is 4. The van der Waals surface area contributed by atoms with E-state index in [0.29, 0.717) is 5.69 Å². The lowest BCUT2D eigenvalue weighted by atomic mass is 10.3. The number of rotatable bonds is 6. The highest BCUT2D eigenvalue weighted by atomic mass is 32.2. The Bertz CT molecular complexity index is 558. The highest BCUT2D eigenvalue weighted by Crippen LogP contribution is 2.22. The molecule has 0 atom stereocenters. The first-order valence-corrected chi connectivity index (χ1v) is 6.86. The number of phenols is 1. The van der Waals surface area contributed by atoms with E-state index in [1.165, 1.54) is 38.4 Å². The Morgan fingerprint density at radius 1 is 1.32 bits per heavy atom. The van der Waals surface area contributed by atoms with Crippen LogP contribution < -0.4 is 4.31 Å². The Labute approximate surface area is 111 Å². The van der Waals surface area contributed by atoms with E-state index in [4.69, 9.17) is 5.11 Å². The predicted molar refractivity (Wildman–Crippen MR) is 70.3 cm³/mol. The zero-order valence-corrected chi connectivity index (χ0v) is 11.5. The van der Waals surface area contributed by atoms with E-state index in [2.05, 4.69) is 0 Å². The molecule has 0 aromatic heterocycles. The highest BCUT2D eigenvalue weighted by molar-refractivity contribution is 7.90. The molecule has 0 aliphatic carbocycles. The number of anilines is 1. The normalized spacial score (nSPS) is 11.5. The van der Waals surface area contributed by atoms with Crippen LogP contribution in [0.1, 0.15) is 6.42 Å². The van der Waals surface area contributed by atoms with E-state index in [9.17, 15) is 18.3 Å². The van der Waals surface area contributed by atoms with Crippen LogP contribution in [-0.4, -0.2) is 49.5 Å². The molecule has 0 amide bonds. The number of phenolic OH excluding ortho intramolecular Hbond substituents is 1. The van der Waals surface area contributed by atoms with E-state index in [1.54, 1.807) is 0 Å². The summed E-state index contributed by atoms with van der Waals surface area (Å²) in [4.78, 5) is 10.4. The largest absolute Gasteiger partial charge is 0.508 e. The lowest BCUT2D eigenvalue weighted by Crippen LogP contribution is -2.40. The van der Waals surface area contributed by atoms with Gasteiger partial charge in [0.2, 0.25) is 0 Å². The summed E-state index contributed by atoms with van der Waals surface area (Å²) in [5.41, 5.74) is 0.294. The van der Waals surface area contributed by atoms with Gasteiger partial charge in [-0.3, -0.25) is 9.10 Å². The number of carboxylic acid groups (broad SMARTS) is 1. The van der Waals surface area contributed by atoms with Crippen LogP contribution >= 0.6 is 0 Å². The van der Waals surface area contributed by atoms with Crippen molar-refractivity contribution in [2.45, 2.75) is 6.42 Å². The van der Waals surface area contributed by atoms with Gasteiger partial charge in [-0.05, 0) is 12.1 Å². The number of carbonyl (C=O) groups is 1. The molecular formula is C11H16N2O5S. The van der Waals surface area contributed by atoms with Crippen LogP contribution in [-0.2, 0) is 15.0 Å². The van der Waals surface area contributed by atoms with Crippen molar-refractivity contribution in [3.8, 4) is 5.75 Å². The maximum atomic E-state index is 12.1. The second kappa shape index (κ2) is 5.89. The average Bonchev–Trinajstić information content (AvgIpc) is 2.34. The molecule has 7 nitrogen and oxygen atoms in total. The summed E-state index contributed by atoms with van der Waals surface area (Å²) in [6.07, 6.45) is -0.274. The molecule has 1 aromatic rings. The van der Waals surface area contributed by atoms with Crippen molar-refractivity contribution in [1.29, 1.82) is 0 Å². The third kappa shape index (κ3) is 3.83. The number of hydrogen-bond donors (Lipinski definition) is 2. The van der Waals surface area contributed by atoms with E-state index < -0.39 is 16.2 Å². The molecule has 0 saturated heterocycles. The van der Waals surface area contributed by atoms with E-state index in [-0.39, 0.29) is 18.7 Å². The lowest BCUT2D eigenvalue weighted by molar-refractivity contribution is -0.137. The van der Waals surface area contributed by atoms with E-state index in [1.807, 2.05) is 0 Å². The first-order valence-electron chi connectivity index (χ1n) is 5.46. The first kappa shape index (κ1) is 15.3. The van der Waals surface area contributed by atoms with Gasteiger partial charge in [-0.25, -0.2) is 0 Å². The Hall–Kier alpha value is -1.80. The summed E-state index contributed by atoms with van der Waals surface area (Å²) in [5.74, 6) is -1.12. The molecule has 0 radical (unpaired) electrons. The molecule has 0 aliphatic rings. The van der Waals surface area contributed by atoms with Gasteiger partial charge in [0, 0.05) is 26.7 Å². The van der Waals surface area contributed by atoms with Crippen molar-refractivity contribution in [2.75, 3.05) is 24.9 Å². The average molecular weight is 288 g/mol. The van der Waals surface area contributed by atoms with Gasteiger partial charge in [-0.1, -0.05) is 6.07 Å². The molecule has 0 saturated carbocycles. The van der Waals surface area contributed by atoms with Gasteiger partial charge in [-0.15, -0.1) is 0 Å². The molecule has 0 fully saturated rings. The van der Waals surface area contributed by atoms with Crippen molar-refractivity contribution < 1.29 is 23.4 Å². The Balaban J connectivity index is 2.90. The molecule has 0 aliphatic heterocycles. The summed E-state index contributed by atoms with van der Waals surface area (Å²) in [7, 11) is -1.17. The van der Waals surface area contributed by atoms with Gasteiger partial charge < -0.3 is 10.2 Å². The van der Waals surface area contributed by atoms with Crippen LogP contribution in [0.4, 0.5) is 5.69 Å². The minimum absolute atomic E-state index is 0.0484. The Kier molecular flexibility index (Phi) is 4.73.